The lowest BCUT2D eigenvalue weighted by atomic mass is 9.64. The molecule has 4 aromatic rings. The van der Waals surface area contributed by atoms with Gasteiger partial charge in [-0.1, -0.05) is 48.0 Å². The summed E-state index contributed by atoms with van der Waals surface area (Å²) < 4.78 is 19.4. The highest BCUT2D eigenvalue weighted by molar-refractivity contribution is 6.18. The van der Waals surface area contributed by atoms with Crippen molar-refractivity contribution in [3.63, 3.8) is 0 Å². The van der Waals surface area contributed by atoms with E-state index in [0.717, 1.165) is 22.4 Å². The number of Topliss-reactive ketones (excluding diaryl/α,β-unsaturated/α-hetero) is 2. The highest BCUT2D eigenvalue weighted by Crippen LogP contribution is 2.59. The molecule has 6 nitrogen and oxygen atoms in total. The van der Waals surface area contributed by atoms with Crippen LogP contribution in [0.1, 0.15) is 44.3 Å². The number of nitrogens with zero attached hydrogens (tertiary/aromatic N) is 1. The van der Waals surface area contributed by atoms with E-state index >= 15 is 0 Å². The lowest BCUT2D eigenvalue weighted by Gasteiger charge is -2.39. The molecule has 1 spiro atoms. The number of halogens is 1. The number of carbonyl (C=O) groups is 3. The minimum absolute atomic E-state index is 0.232. The minimum atomic E-state index is -1.44. The molecule has 1 saturated heterocycles. The summed E-state index contributed by atoms with van der Waals surface area (Å²) in [5, 5.41) is 3.04. The van der Waals surface area contributed by atoms with Crippen LogP contribution in [0, 0.1) is 18.7 Å². The number of para-hydroxylation sites is 1. The van der Waals surface area contributed by atoms with Crippen LogP contribution in [0.25, 0.3) is 5.57 Å². The number of aryl methyl sites for hydroxylation is 1. The molecule has 43 heavy (non-hydrogen) atoms. The zero-order valence-electron chi connectivity index (χ0n) is 23.9. The van der Waals surface area contributed by atoms with Gasteiger partial charge in [-0.2, -0.15) is 0 Å². The third kappa shape index (κ3) is 3.80. The zero-order chi connectivity index (χ0) is 30.0. The van der Waals surface area contributed by atoms with Crippen LogP contribution in [0.4, 0.5) is 15.8 Å². The van der Waals surface area contributed by atoms with Crippen LogP contribution in [0.15, 0.2) is 97.1 Å². The molecule has 214 valence electrons. The van der Waals surface area contributed by atoms with E-state index in [2.05, 4.69) is 11.4 Å². The fourth-order valence-corrected chi connectivity index (χ4v) is 7.29. The first kappa shape index (κ1) is 26.8. The van der Waals surface area contributed by atoms with Crippen LogP contribution in [0.3, 0.4) is 0 Å². The van der Waals surface area contributed by atoms with Gasteiger partial charge < -0.3 is 15.0 Å². The van der Waals surface area contributed by atoms with Gasteiger partial charge in [0.05, 0.1) is 19.1 Å². The molecule has 4 atom stereocenters. The molecule has 0 radical (unpaired) electrons. The Bertz CT molecular complexity index is 1860. The normalized spacial score (nSPS) is 23.3. The molecule has 3 heterocycles. The second kappa shape index (κ2) is 9.76. The number of nitrogens with one attached hydrogen (secondary N) is 1. The summed E-state index contributed by atoms with van der Waals surface area (Å²) in [6, 6.07) is 23.8. The second-order valence-corrected chi connectivity index (χ2v) is 11.5. The fourth-order valence-electron chi connectivity index (χ4n) is 7.29. The standard InChI is InChI=1S/C36H29FN2O4/c1-20-11-16-29-26(17-20)21(2)18-30-36(27-9-4-5-10-28(27)38-35(36)42)31(33(40)22-12-14-24(37)15-13-22)32(39(29)30)34(41)23-7-6-8-25(19-23)43-3/h4-19,30-32H,1-3H3,(H,38,42). The van der Waals surface area contributed by atoms with Crippen molar-refractivity contribution in [2.24, 2.45) is 5.92 Å². The van der Waals surface area contributed by atoms with Crippen LogP contribution >= 0.6 is 0 Å². The van der Waals surface area contributed by atoms with E-state index in [-0.39, 0.29) is 17.3 Å². The molecule has 3 aliphatic heterocycles. The number of amides is 1. The second-order valence-electron chi connectivity index (χ2n) is 11.5. The Morgan fingerprint density at radius 1 is 0.884 bits per heavy atom. The fraction of sp³-hybridized carbons (Fsp3) is 0.194. The van der Waals surface area contributed by atoms with Gasteiger partial charge in [-0.25, -0.2) is 4.39 Å². The van der Waals surface area contributed by atoms with Crippen molar-refractivity contribution in [3.05, 3.63) is 131 Å². The van der Waals surface area contributed by atoms with E-state index < -0.39 is 35.0 Å². The van der Waals surface area contributed by atoms with Gasteiger partial charge in [0.15, 0.2) is 11.6 Å². The summed E-state index contributed by atoms with van der Waals surface area (Å²) in [4.78, 5) is 46.1. The number of rotatable bonds is 5. The maximum atomic E-state index is 14.8. The van der Waals surface area contributed by atoms with Crippen molar-refractivity contribution in [2.45, 2.75) is 31.3 Å². The van der Waals surface area contributed by atoms with Gasteiger partial charge in [0, 0.05) is 28.1 Å². The highest BCUT2D eigenvalue weighted by Gasteiger charge is 2.70. The predicted molar refractivity (Wildman–Crippen MR) is 163 cm³/mol. The highest BCUT2D eigenvalue weighted by atomic mass is 19.1. The Kier molecular flexibility index (Phi) is 6.09. The average molecular weight is 573 g/mol. The molecular weight excluding hydrogens is 543 g/mol. The Balaban J connectivity index is 1.55. The molecule has 0 bridgehead atoms. The molecular formula is C36H29FN2O4. The number of hydrogen-bond acceptors (Lipinski definition) is 5. The molecule has 0 saturated carbocycles. The number of anilines is 2. The van der Waals surface area contributed by atoms with E-state index in [9.17, 15) is 18.8 Å². The first-order chi connectivity index (χ1) is 20.7. The van der Waals surface area contributed by atoms with Crippen molar-refractivity contribution in [3.8, 4) is 5.75 Å². The summed E-state index contributed by atoms with van der Waals surface area (Å²) in [6.07, 6.45) is 2.02. The van der Waals surface area contributed by atoms with Gasteiger partial charge in [0.2, 0.25) is 5.91 Å². The summed E-state index contributed by atoms with van der Waals surface area (Å²) in [5.41, 5.74) is 4.16. The van der Waals surface area contributed by atoms with E-state index in [1.165, 1.54) is 31.4 Å². The molecule has 7 heteroatoms. The molecule has 1 amide bonds. The first-order valence-corrected chi connectivity index (χ1v) is 14.2. The smallest absolute Gasteiger partial charge is 0.238 e. The molecule has 0 aliphatic carbocycles. The lowest BCUT2D eigenvalue weighted by Crippen LogP contribution is -2.51. The van der Waals surface area contributed by atoms with Gasteiger partial charge in [-0.05, 0) is 79.6 Å². The van der Waals surface area contributed by atoms with Gasteiger partial charge in [-0.15, -0.1) is 0 Å². The quantitative estimate of drug-likeness (QED) is 0.281. The number of benzene rings is 4. The minimum Gasteiger partial charge on any atom is -0.497 e. The van der Waals surface area contributed by atoms with E-state index in [1.807, 2.05) is 61.2 Å². The largest absolute Gasteiger partial charge is 0.497 e. The molecule has 4 unspecified atom stereocenters. The summed E-state index contributed by atoms with van der Waals surface area (Å²) >= 11 is 0. The van der Waals surface area contributed by atoms with Gasteiger partial charge in [0.25, 0.3) is 0 Å². The number of methoxy groups -OCH3 is 1. The van der Waals surface area contributed by atoms with Crippen molar-refractivity contribution in [1.29, 1.82) is 0 Å². The third-order valence-electron chi connectivity index (χ3n) is 9.17. The third-order valence-corrected chi connectivity index (χ3v) is 9.17. The molecule has 3 aliphatic rings. The summed E-state index contributed by atoms with van der Waals surface area (Å²) in [6.45, 7) is 4.00. The van der Waals surface area contributed by atoms with Crippen LogP contribution < -0.4 is 15.0 Å². The van der Waals surface area contributed by atoms with E-state index in [0.29, 0.717) is 22.6 Å². The lowest BCUT2D eigenvalue weighted by molar-refractivity contribution is -0.121. The molecule has 4 aromatic carbocycles. The Morgan fingerprint density at radius 3 is 2.42 bits per heavy atom. The zero-order valence-corrected chi connectivity index (χ0v) is 23.9. The monoisotopic (exact) mass is 572 g/mol. The number of hydrogen-bond donors (Lipinski definition) is 1. The number of carbonyl (C=O) groups excluding carboxylic acids is 3. The Morgan fingerprint density at radius 2 is 1.65 bits per heavy atom. The maximum absolute atomic E-state index is 14.8. The summed E-state index contributed by atoms with van der Waals surface area (Å²) in [7, 11) is 1.53. The number of allylic oxidation sites excluding steroid dienone is 1. The van der Waals surface area contributed by atoms with Gasteiger partial charge >= 0.3 is 0 Å². The van der Waals surface area contributed by atoms with Crippen molar-refractivity contribution in [2.75, 3.05) is 17.3 Å². The topological polar surface area (TPSA) is 75.7 Å². The number of fused-ring (bicyclic) bond motifs is 6. The Hall–Kier alpha value is -5.04. The average Bonchev–Trinajstić information content (AvgIpc) is 3.49. The van der Waals surface area contributed by atoms with Crippen LogP contribution in [-0.4, -0.2) is 36.7 Å². The predicted octanol–water partition coefficient (Wildman–Crippen LogP) is 6.39. The SMILES string of the molecule is COc1cccc(C(=O)C2C(C(=O)c3ccc(F)cc3)C3(C(=O)Nc4ccccc43)C3C=C(C)c4cc(C)ccc4N23)c1. The summed E-state index contributed by atoms with van der Waals surface area (Å²) in [5.74, 6) is -2.16. The van der Waals surface area contributed by atoms with E-state index in [4.69, 9.17) is 4.74 Å². The molecule has 0 aromatic heterocycles. The molecule has 1 fully saturated rings. The van der Waals surface area contributed by atoms with Crippen molar-refractivity contribution >= 4 is 34.4 Å². The van der Waals surface area contributed by atoms with Crippen LogP contribution in [0.2, 0.25) is 0 Å². The van der Waals surface area contributed by atoms with Crippen molar-refractivity contribution < 1.29 is 23.5 Å². The van der Waals surface area contributed by atoms with Gasteiger partial charge in [-0.3, -0.25) is 14.4 Å². The number of ketones is 2. The molecule has 1 N–H and O–H groups in total. The van der Waals surface area contributed by atoms with Gasteiger partial charge in [0.1, 0.15) is 23.0 Å². The van der Waals surface area contributed by atoms with E-state index in [1.54, 1.807) is 24.3 Å². The van der Waals surface area contributed by atoms with Crippen LogP contribution in [0.5, 0.6) is 5.75 Å². The van der Waals surface area contributed by atoms with Crippen LogP contribution in [-0.2, 0) is 10.2 Å². The Labute approximate surface area is 248 Å². The number of ether oxygens (including phenoxy) is 1. The van der Waals surface area contributed by atoms with Crippen molar-refractivity contribution in [1.82, 2.24) is 0 Å². The first-order valence-electron chi connectivity index (χ1n) is 14.2. The maximum Gasteiger partial charge on any atom is 0.238 e. The molecule has 7 rings (SSSR count).